The van der Waals surface area contributed by atoms with Crippen molar-refractivity contribution in [1.29, 1.82) is 0 Å². The lowest BCUT2D eigenvalue weighted by Crippen LogP contribution is -2.32. The van der Waals surface area contributed by atoms with E-state index in [2.05, 4.69) is 0 Å². The first-order valence-corrected chi connectivity index (χ1v) is 6.66. The van der Waals surface area contributed by atoms with Crippen LogP contribution in [0.5, 0.6) is 0 Å². The zero-order valence-electron chi connectivity index (χ0n) is 10.5. The van der Waals surface area contributed by atoms with Crippen LogP contribution >= 0.6 is 0 Å². The third-order valence-electron chi connectivity index (χ3n) is 3.62. The van der Waals surface area contributed by atoms with Crippen LogP contribution in [0.4, 0.5) is 0 Å². The van der Waals surface area contributed by atoms with Crippen molar-refractivity contribution >= 4 is 0 Å². The van der Waals surface area contributed by atoms with Crippen molar-refractivity contribution in [2.24, 2.45) is 5.92 Å². The fourth-order valence-corrected chi connectivity index (χ4v) is 2.76. The molecule has 2 atom stereocenters. The van der Waals surface area contributed by atoms with E-state index in [0.717, 1.165) is 12.8 Å². The third-order valence-corrected chi connectivity index (χ3v) is 3.62. The minimum Gasteiger partial charge on any atom is -0.466 e. The number of hydrogen-bond acceptors (Lipinski definition) is 3. The van der Waals surface area contributed by atoms with Gasteiger partial charge in [-0.25, -0.2) is 0 Å². The summed E-state index contributed by atoms with van der Waals surface area (Å²) in [5.74, 6) is 1.08. The van der Waals surface area contributed by atoms with E-state index in [0.29, 0.717) is 18.3 Å². The number of hydrogen-bond donors (Lipinski definition) is 1. The maximum absolute atomic E-state index is 10.3. The minimum absolute atomic E-state index is 0.119. The first-order valence-electron chi connectivity index (χ1n) is 6.66. The Balaban J connectivity index is 2.04. The van der Waals surface area contributed by atoms with Gasteiger partial charge in [0, 0.05) is 6.61 Å². The molecule has 1 N–H and O–H groups in total. The molecule has 2 unspecified atom stereocenters. The molecule has 0 bridgehead atoms. The maximum atomic E-state index is 10.3. The molecule has 0 aromatic carbocycles. The highest BCUT2D eigenvalue weighted by atomic mass is 16.5. The van der Waals surface area contributed by atoms with Crippen LogP contribution in [0.3, 0.4) is 0 Å². The van der Waals surface area contributed by atoms with Crippen LogP contribution in [0, 0.1) is 5.92 Å². The normalized spacial score (nSPS) is 21.3. The standard InChI is InChI=1S/C14H22O3/c1-2-16-14(11-7-4-3-5-8-11)13(15)12-9-6-10-17-12/h6,9-11,13-15H,2-5,7-8H2,1H3. The van der Waals surface area contributed by atoms with Gasteiger partial charge in [-0.3, -0.25) is 0 Å². The van der Waals surface area contributed by atoms with E-state index in [-0.39, 0.29) is 6.10 Å². The molecule has 2 rings (SSSR count). The van der Waals surface area contributed by atoms with E-state index in [1.807, 2.05) is 19.1 Å². The number of furan rings is 1. The molecular formula is C14H22O3. The summed E-state index contributed by atoms with van der Waals surface area (Å²) >= 11 is 0. The van der Waals surface area contributed by atoms with E-state index >= 15 is 0 Å². The summed E-state index contributed by atoms with van der Waals surface area (Å²) in [7, 11) is 0. The Kier molecular flexibility index (Phi) is 4.63. The van der Waals surface area contributed by atoms with Gasteiger partial charge in [-0.1, -0.05) is 19.3 Å². The predicted octanol–water partition coefficient (Wildman–Crippen LogP) is 3.30. The van der Waals surface area contributed by atoms with Crippen LogP contribution < -0.4 is 0 Å². The minimum atomic E-state index is -0.631. The number of aliphatic hydroxyl groups excluding tert-OH is 1. The molecule has 1 aliphatic carbocycles. The average molecular weight is 238 g/mol. The first kappa shape index (κ1) is 12.7. The molecule has 0 amide bonds. The summed E-state index contributed by atoms with van der Waals surface area (Å²) in [5.41, 5.74) is 0. The highest BCUT2D eigenvalue weighted by molar-refractivity contribution is 5.04. The summed E-state index contributed by atoms with van der Waals surface area (Å²) in [5, 5.41) is 10.3. The quantitative estimate of drug-likeness (QED) is 0.855. The molecule has 1 saturated carbocycles. The molecule has 0 spiro atoms. The second-order valence-corrected chi connectivity index (χ2v) is 4.78. The molecule has 3 heteroatoms. The van der Waals surface area contributed by atoms with E-state index in [1.54, 1.807) is 6.26 Å². The van der Waals surface area contributed by atoms with Crippen LogP contribution in [0.2, 0.25) is 0 Å². The fraction of sp³-hybridized carbons (Fsp3) is 0.714. The molecule has 17 heavy (non-hydrogen) atoms. The van der Waals surface area contributed by atoms with Gasteiger partial charge in [0.1, 0.15) is 11.9 Å². The van der Waals surface area contributed by atoms with Crippen LogP contribution in [0.1, 0.15) is 50.9 Å². The van der Waals surface area contributed by atoms with Gasteiger partial charge in [0.2, 0.25) is 0 Å². The molecule has 0 saturated heterocycles. The van der Waals surface area contributed by atoms with Crippen molar-refractivity contribution in [2.45, 2.75) is 51.2 Å². The van der Waals surface area contributed by atoms with Gasteiger partial charge in [-0.05, 0) is 37.8 Å². The zero-order valence-corrected chi connectivity index (χ0v) is 10.5. The van der Waals surface area contributed by atoms with Crippen molar-refractivity contribution < 1.29 is 14.3 Å². The van der Waals surface area contributed by atoms with Crippen molar-refractivity contribution in [3.8, 4) is 0 Å². The predicted molar refractivity (Wildman–Crippen MR) is 65.7 cm³/mol. The molecular weight excluding hydrogens is 216 g/mol. The molecule has 1 aliphatic rings. The molecule has 96 valence electrons. The largest absolute Gasteiger partial charge is 0.466 e. The van der Waals surface area contributed by atoms with E-state index in [9.17, 15) is 5.11 Å². The molecule has 3 nitrogen and oxygen atoms in total. The van der Waals surface area contributed by atoms with E-state index < -0.39 is 6.10 Å². The van der Waals surface area contributed by atoms with Crippen LogP contribution in [0.25, 0.3) is 0 Å². The average Bonchev–Trinajstić information content (AvgIpc) is 2.90. The van der Waals surface area contributed by atoms with Gasteiger partial charge in [0.15, 0.2) is 0 Å². The van der Waals surface area contributed by atoms with E-state index in [1.165, 1.54) is 19.3 Å². The Labute approximate surface area is 103 Å². The number of aliphatic hydroxyl groups is 1. The second kappa shape index (κ2) is 6.22. The molecule has 0 radical (unpaired) electrons. The lowest BCUT2D eigenvalue weighted by molar-refractivity contribution is -0.0807. The highest BCUT2D eigenvalue weighted by Crippen LogP contribution is 2.34. The fourth-order valence-electron chi connectivity index (χ4n) is 2.76. The van der Waals surface area contributed by atoms with E-state index in [4.69, 9.17) is 9.15 Å². The number of rotatable bonds is 5. The Morgan fingerprint density at radius 3 is 2.76 bits per heavy atom. The molecule has 1 aromatic heterocycles. The second-order valence-electron chi connectivity index (χ2n) is 4.78. The van der Waals surface area contributed by atoms with Crippen molar-refractivity contribution in [3.63, 3.8) is 0 Å². The number of ether oxygens (including phenoxy) is 1. The third kappa shape index (κ3) is 3.11. The summed E-state index contributed by atoms with van der Waals surface area (Å²) in [6.45, 7) is 2.61. The SMILES string of the molecule is CCOC(C1CCCCC1)C(O)c1ccco1. The monoisotopic (exact) mass is 238 g/mol. The van der Waals surface area contributed by atoms with Crippen LogP contribution in [0.15, 0.2) is 22.8 Å². The molecule has 0 aliphatic heterocycles. The van der Waals surface area contributed by atoms with Gasteiger partial charge in [-0.15, -0.1) is 0 Å². The maximum Gasteiger partial charge on any atom is 0.138 e. The van der Waals surface area contributed by atoms with Crippen LogP contribution in [-0.2, 0) is 4.74 Å². The highest BCUT2D eigenvalue weighted by Gasteiger charge is 2.32. The summed E-state index contributed by atoms with van der Waals surface area (Å²) in [6, 6.07) is 3.63. The molecule has 1 aromatic rings. The lowest BCUT2D eigenvalue weighted by atomic mass is 9.83. The molecule has 1 fully saturated rings. The van der Waals surface area contributed by atoms with Gasteiger partial charge < -0.3 is 14.3 Å². The lowest BCUT2D eigenvalue weighted by Gasteiger charge is -2.32. The van der Waals surface area contributed by atoms with Gasteiger partial charge >= 0.3 is 0 Å². The Morgan fingerprint density at radius 1 is 1.41 bits per heavy atom. The van der Waals surface area contributed by atoms with Gasteiger partial charge in [0.05, 0.1) is 12.4 Å². The zero-order chi connectivity index (χ0) is 12.1. The summed E-state index contributed by atoms with van der Waals surface area (Å²) < 4.78 is 11.0. The Bertz CT molecular complexity index is 301. The van der Waals surface area contributed by atoms with Gasteiger partial charge in [0.25, 0.3) is 0 Å². The Morgan fingerprint density at radius 2 is 2.18 bits per heavy atom. The van der Waals surface area contributed by atoms with Crippen LogP contribution in [-0.4, -0.2) is 17.8 Å². The summed E-state index contributed by atoms with van der Waals surface area (Å²) in [6.07, 6.45) is 6.97. The topological polar surface area (TPSA) is 42.6 Å². The first-order chi connectivity index (χ1) is 8.33. The van der Waals surface area contributed by atoms with Crippen molar-refractivity contribution in [1.82, 2.24) is 0 Å². The van der Waals surface area contributed by atoms with Crippen molar-refractivity contribution in [2.75, 3.05) is 6.61 Å². The summed E-state index contributed by atoms with van der Waals surface area (Å²) in [4.78, 5) is 0. The van der Waals surface area contributed by atoms with Gasteiger partial charge in [-0.2, -0.15) is 0 Å². The smallest absolute Gasteiger partial charge is 0.138 e. The molecule has 1 heterocycles. The Hall–Kier alpha value is -0.800. The van der Waals surface area contributed by atoms with Crippen molar-refractivity contribution in [3.05, 3.63) is 24.2 Å².